The summed E-state index contributed by atoms with van der Waals surface area (Å²) in [7, 11) is 0. The molecule has 0 aliphatic carbocycles. The van der Waals surface area contributed by atoms with Gasteiger partial charge in [0.15, 0.2) is 0 Å². The summed E-state index contributed by atoms with van der Waals surface area (Å²) in [6, 6.07) is 10.7. The second-order valence-corrected chi connectivity index (χ2v) is 8.55. The van der Waals surface area contributed by atoms with Crippen molar-refractivity contribution < 1.29 is 14.7 Å². The summed E-state index contributed by atoms with van der Waals surface area (Å²) in [6.07, 6.45) is 3.75. The van der Waals surface area contributed by atoms with E-state index in [2.05, 4.69) is 42.8 Å². The van der Waals surface area contributed by atoms with Gasteiger partial charge in [-0.05, 0) is 50.1 Å². The molecule has 0 bridgehead atoms. The van der Waals surface area contributed by atoms with E-state index in [1.807, 2.05) is 12.1 Å². The van der Waals surface area contributed by atoms with Crippen LogP contribution >= 0.6 is 0 Å². The number of nitrogens with one attached hydrogen (secondary N) is 4. The SMILES string of the molecule is C=CCNC(=O)c1cnc(Nc2ccc3c(c2)C(=O)NCC3)nc1Nc1cccc(C(C)(C)O)n1. The highest BCUT2D eigenvalue weighted by molar-refractivity contribution is 5.99. The normalized spacial score (nSPS) is 12.8. The van der Waals surface area contributed by atoms with Crippen LogP contribution in [0.25, 0.3) is 0 Å². The number of aliphatic hydroxyl groups is 1. The van der Waals surface area contributed by atoms with Crippen molar-refractivity contribution in [3.63, 3.8) is 0 Å². The molecule has 0 unspecified atom stereocenters. The molecular weight excluding hydrogens is 446 g/mol. The molecule has 2 aromatic heterocycles. The molecule has 5 N–H and O–H groups in total. The zero-order valence-corrected chi connectivity index (χ0v) is 19.6. The minimum Gasteiger partial charge on any atom is -0.384 e. The first-order valence-corrected chi connectivity index (χ1v) is 11.2. The Morgan fingerprint density at radius 2 is 2.06 bits per heavy atom. The molecule has 35 heavy (non-hydrogen) atoms. The number of carbonyl (C=O) groups is 2. The lowest BCUT2D eigenvalue weighted by molar-refractivity contribution is 0.0739. The summed E-state index contributed by atoms with van der Waals surface area (Å²) in [4.78, 5) is 38.1. The second kappa shape index (κ2) is 9.90. The number of nitrogens with zero attached hydrogens (tertiary/aromatic N) is 3. The number of aromatic nitrogens is 3. The van der Waals surface area contributed by atoms with E-state index >= 15 is 0 Å². The Balaban J connectivity index is 1.66. The fourth-order valence-electron chi connectivity index (χ4n) is 3.55. The molecule has 0 saturated carbocycles. The van der Waals surface area contributed by atoms with Crippen LogP contribution in [-0.4, -0.2) is 45.0 Å². The molecule has 0 radical (unpaired) electrons. The third-order valence-corrected chi connectivity index (χ3v) is 5.35. The molecule has 1 aliphatic heterocycles. The molecule has 3 heterocycles. The van der Waals surface area contributed by atoms with Crippen LogP contribution in [-0.2, 0) is 12.0 Å². The zero-order valence-electron chi connectivity index (χ0n) is 19.6. The number of fused-ring (bicyclic) bond motifs is 1. The van der Waals surface area contributed by atoms with E-state index in [1.54, 1.807) is 44.2 Å². The predicted octanol–water partition coefficient (Wildman–Crippen LogP) is 2.79. The number of benzene rings is 1. The van der Waals surface area contributed by atoms with Crippen molar-refractivity contribution in [2.45, 2.75) is 25.9 Å². The Morgan fingerprint density at radius 1 is 1.23 bits per heavy atom. The van der Waals surface area contributed by atoms with Crippen molar-refractivity contribution in [2.75, 3.05) is 23.7 Å². The van der Waals surface area contributed by atoms with Gasteiger partial charge in [-0.1, -0.05) is 18.2 Å². The Kier molecular flexibility index (Phi) is 6.74. The Morgan fingerprint density at radius 3 is 2.83 bits per heavy atom. The highest BCUT2D eigenvalue weighted by Gasteiger charge is 2.20. The van der Waals surface area contributed by atoms with Gasteiger partial charge in [-0.2, -0.15) is 4.98 Å². The van der Waals surface area contributed by atoms with E-state index in [-0.39, 0.29) is 35.7 Å². The van der Waals surface area contributed by atoms with Gasteiger partial charge in [0, 0.05) is 30.5 Å². The first-order chi connectivity index (χ1) is 16.7. The van der Waals surface area contributed by atoms with E-state index in [4.69, 9.17) is 0 Å². The summed E-state index contributed by atoms with van der Waals surface area (Å²) in [5.74, 6) is 0.341. The van der Waals surface area contributed by atoms with Crippen molar-refractivity contribution in [2.24, 2.45) is 0 Å². The molecule has 0 atom stereocenters. The van der Waals surface area contributed by atoms with E-state index in [0.29, 0.717) is 29.3 Å². The first kappa shape index (κ1) is 23.8. The second-order valence-electron chi connectivity index (χ2n) is 8.55. The van der Waals surface area contributed by atoms with Crippen LogP contribution in [0.2, 0.25) is 0 Å². The van der Waals surface area contributed by atoms with Crippen LogP contribution in [0.3, 0.4) is 0 Å². The number of hydrogen-bond donors (Lipinski definition) is 5. The maximum atomic E-state index is 12.7. The zero-order chi connectivity index (χ0) is 25.0. The molecule has 1 aromatic carbocycles. The average molecular weight is 474 g/mol. The highest BCUT2D eigenvalue weighted by atomic mass is 16.3. The lowest BCUT2D eigenvalue weighted by atomic mass is 10.00. The summed E-state index contributed by atoms with van der Waals surface area (Å²) < 4.78 is 0. The summed E-state index contributed by atoms with van der Waals surface area (Å²) in [5.41, 5.74) is 1.75. The summed E-state index contributed by atoms with van der Waals surface area (Å²) >= 11 is 0. The van der Waals surface area contributed by atoms with Crippen LogP contribution in [0.1, 0.15) is 45.8 Å². The monoisotopic (exact) mass is 473 g/mol. The van der Waals surface area contributed by atoms with Gasteiger partial charge in [-0.15, -0.1) is 6.58 Å². The maximum absolute atomic E-state index is 12.7. The summed E-state index contributed by atoms with van der Waals surface area (Å²) in [6.45, 7) is 7.79. The van der Waals surface area contributed by atoms with Gasteiger partial charge in [0.1, 0.15) is 22.8 Å². The lowest BCUT2D eigenvalue weighted by Gasteiger charge is -2.18. The third-order valence-electron chi connectivity index (χ3n) is 5.35. The van der Waals surface area contributed by atoms with E-state index in [0.717, 1.165) is 12.0 Å². The molecule has 10 heteroatoms. The van der Waals surface area contributed by atoms with Gasteiger partial charge in [0.25, 0.3) is 11.8 Å². The van der Waals surface area contributed by atoms with Gasteiger partial charge in [0.2, 0.25) is 5.95 Å². The quantitative estimate of drug-likeness (QED) is 0.315. The van der Waals surface area contributed by atoms with Gasteiger partial charge < -0.3 is 26.4 Å². The number of anilines is 4. The Hall–Kier alpha value is -4.31. The van der Waals surface area contributed by atoms with Crippen molar-refractivity contribution in [3.8, 4) is 0 Å². The van der Waals surface area contributed by atoms with Crippen LogP contribution in [0.15, 0.2) is 55.3 Å². The Labute approximate surface area is 202 Å². The van der Waals surface area contributed by atoms with Crippen molar-refractivity contribution in [1.29, 1.82) is 0 Å². The van der Waals surface area contributed by atoms with E-state index in [9.17, 15) is 14.7 Å². The Bertz CT molecular complexity index is 1280. The molecule has 180 valence electrons. The number of carbonyl (C=O) groups excluding carboxylic acids is 2. The fraction of sp³-hybridized carbons (Fsp3) is 0.240. The molecule has 1 aliphatic rings. The van der Waals surface area contributed by atoms with Gasteiger partial charge in [0.05, 0.1) is 5.69 Å². The van der Waals surface area contributed by atoms with Gasteiger partial charge >= 0.3 is 0 Å². The topological polar surface area (TPSA) is 141 Å². The third kappa shape index (κ3) is 5.61. The summed E-state index contributed by atoms with van der Waals surface area (Å²) in [5, 5.41) is 22.0. The minimum absolute atomic E-state index is 0.120. The molecular formula is C25H27N7O3. The van der Waals surface area contributed by atoms with Gasteiger partial charge in [-0.25, -0.2) is 9.97 Å². The molecule has 3 aromatic rings. The predicted molar refractivity (Wildman–Crippen MR) is 133 cm³/mol. The fourth-order valence-corrected chi connectivity index (χ4v) is 3.55. The number of pyridine rings is 1. The standard InChI is InChI=1S/C25H27N7O3/c1-4-11-26-23(34)18-14-28-24(29-16-9-8-15-10-12-27-22(33)17(15)13-16)32-21(18)31-20-7-5-6-19(30-20)25(2,3)35/h4-9,13-14,35H,1,10-12H2,2-3H3,(H,26,34)(H,27,33)(H2,28,29,30,31,32). The minimum atomic E-state index is -1.14. The van der Waals surface area contributed by atoms with Gasteiger partial charge in [-0.3, -0.25) is 9.59 Å². The number of rotatable bonds is 8. The molecule has 0 spiro atoms. The lowest BCUT2D eigenvalue weighted by Crippen LogP contribution is -2.31. The van der Waals surface area contributed by atoms with Crippen molar-refractivity contribution in [3.05, 3.63) is 77.6 Å². The maximum Gasteiger partial charge on any atom is 0.256 e. The van der Waals surface area contributed by atoms with Crippen LogP contribution in [0.4, 0.5) is 23.3 Å². The molecule has 2 amide bonds. The van der Waals surface area contributed by atoms with E-state index in [1.165, 1.54) is 6.20 Å². The van der Waals surface area contributed by atoms with Crippen LogP contribution < -0.4 is 21.3 Å². The molecule has 0 fully saturated rings. The first-order valence-electron chi connectivity index (χ1n) is 11.2. The molecule has 0 saturated heterocycles. The van der Waals surface area contributed by atoms with Crippen molar-refractivity contribution in [1.82, 2.24) is 25.6 Å². The average Bonchev–Trinajstić information content (AvgIpc) is 2.83. The van der Waals surface area contributed by atoms with Crippen LogP contribution in [0.5, 0.6) is 0 Å². The molecule has 10 nitrogen and oxygen atoms in total. The van der Waals surface area contributed by atoms with Crippen molar-refractivity contribution >= 4 is 35.1 Å². The molecule has 4 rings (SSSR count). The largest absolute Gasteiger partial charge is 0.384 e. The number of amides is 2. The smallest absolute Gasteiger partial charge is 0.256 e. The highest BCUT2D eigenvalue weighted by Crippen LogP contribution is 2.25. The van der Waals surface area contributed by atoms with Crippen LogP contribution in [0, 0.1) is 0 Å². The van der Waals surface area contributed by atoms with E-state index < -0.39 is 5.60 Å². The number of hydrogen-bond acceptors (Lipinski definition) is 8.